The number of nitrogens with one attached hydrogen (secondary N) is 1. The quantitative estimate of drug-likeness (QED) is 0.437. The fraction of sp³-hybridized carbons (Fsp3) is 0.269. The maximum absolute atomic E-state index is 12.9. The minimum atomic E-state index is -0.328. The minimum Gasteiger partial charge on any atom is -0.496 e. The van der Waals surface area contributed by atoms with E-state index in [1.165, 1.54) is 4.68 Å². The number of benzene rings is 2. The molecular weight excluding hydrogens is 460 g/mol. The number of aromatic nitrogens is 5. The Morgan fingerprint density at radius 2 is 1.67 bits per heavy atom. The number of carbonyl (C=O) groups is 1. The van der Waals surface area contributed by atoms with Gasteiger partial charge in [0.2, 0.25) is 5.91 Å². The highest BCUT2D eigenvalue weighted by Crippen LogP contribution is 2.46. The molecule has 10 nitrogen and oxygen atoms in total. The molecule has 10 heteroatoms. The van der Waals surface area contributed by atoms with E-state index in [0.717, 1.165) is 27.9 Å². The van der Waals surface area contributed by atoms with Crippen LogP contribution in [0.2, 0.25) is 0 Å². The predicted octanol–water partition coefficient (Wildman–Crippen LogP) is 3.84. The van der Waals surface area contributed by atoms with Crippen molar-refractivity contribution in [3.05, 3.63) is 65.0 Å². The van der Waals surface area contributed by atoms with E-state index in [0.29, 0.717) is 28.8 Å². The van der Waals surface area contributed by atoms with Crippen LogP contribution in [0.25, 0.3) is 17.2 Å². The third-order valence-corrected chi connectivity index (χ3v) is 6.30. The Hall–Kier alpha value is -4.47. The van der Waals surface area contributed by atoms with Gasteiger partial charge in [0.05, 0.1) is 38.9 Å². The molecule has 0 spiro atoms. The molecule has 1 amide bonds. The fourth-order valence-corrected chi connectivity index (χ4v) is 4.53. The summed E-state index contributed by atoms with van der Waals surface area (Å²) in [5, 5.41) is 16.0. The molecule has 4 aromatic rings. The molecule has 0 bridgehead atoms. The van der Waals surface area contributed by atoms with Crippen molar-refractivity contribution in [3.63, 3.8) is 0 Å². The molecule has 0 unspecified atom stereocenters. The maximum Gasteiger partial charge on any atom is 0.272 e. The summed E-state index contributed by atoms with van der Waals surface area (Å²) < 4.78 is 18.1. The van der Waals surface area contributed by atoms with Gasteiger partial charge in [-0.1, -0.05) is 29.8 Å². The van der Waals surface area contributed by atoms with Crippen LogP contribution in [0.4, 0.5) is 5.82 Å². The van der Waals surface area contributed by atoms with Gasteiger partial charge in [-0.25, -0.2) is 4.98 Å². The van der Waals surface area contributed by atoms with E-state index in [1.807, 2.05) is 44.2 Å². The summed E-state index contributed by atoms with van der Waals surface area (Å²) >= 11 is 0. The molecule has 2 aromatic carbocycles. The fourth-order valence-electron chi connectivity index (χ4n) is 4.53. The van der Waals surface area contributed by atoms with Gasteiger partial charge in [0, 0.05) is 35.1 Å². The number of anilines is 1. The van der Waals surface area contributed by atoms with E-state index in [-0.39, 0.29) is 24.2 Å². The minimum absolute atomic E-state index is 0.159. The number of methoxy groups -OCH3 is 3. The normalized spacial score (nSPS) is 14.7. The van der Waals surface area contributed by atoms with Crippen LogP contribution in [0.15, 0.2) is 42.6 Å². The van der Waals surface area contributed by atoms with Crippen molar-refractivity contribution in [2.24, 2.45) is 0 Å². The third kappa shape index (κ3) is 4.00. The second-order valence-electron chi connectivity index (χ2n) is 8.52. The smallest absolute Gasteiger partial charge is 0.272 e. The van der Waals surface area contributed by atoms with E-state index in [9.17, 15) is 4.79 Å². The largest absolute Gasteiger partial charge is 0.496 e. The Kier molecular flexibility index (Phi) is 6.01. The number of carbonyl (C=O) groups excluding carboxylic acids is 1. The molecule has 2 aromatic heterocycles. The Labute approximate surface area is 208 Å². The number of ether oxygens (including phenoxy) is 3. The van der Waals surface area contributed by atoms with Crippen LogP contribution < -0.4 is 19.5 Å². The van der Waals surface area contributed by atoms with Crippen molar-refractivity contribution in [2.75, 3.05) is 26.6 Å². The molecule has 3 heterocycles. The SMILES string of the molecule is COc1cc(OC)c([C@@H]2CC(=O)Nc3c2c(C)nn3-c2nncc(-c3ccc(C)cc3)n2)cc1OC. The van der Waals surface area contributed by atoms with Gasteiger partial charge in [-0.15, -0.1) is 5.10 Å². The van der Waals surface area contributed by atoms with E-state index >= 15 is 0 Å². The van der Waals surface area contributed by atoms with Gasteiger partial charge in [-0.3, -0.25) is 4.79 Å². The highest BCUT2D eigenvalue weighted by molar-refractivity contribution is 5.95. The molecule has 0 radical (unpaired) electrons. The highest BCUT2D eigenvalue weighted by atomic mass is 16.5. The molecule has 1 aliphatic heterocycles. The molecule has 36 heavy (non-hydrogen) atoms. The van der Waals surface area contributed by atoms with Crippen molar-refractivity contribution >= 4 is 11.7 Å². The van der Waals surface area contributed by atoms with Crippen LogP contribution in [-0.4, -0.2) is 52.2 Å². The van der Waals surface area contributed by atoms with Gasteiger partial charge in [-0.05, 0) is 19.9 Å². The van der Waals surface area contributed by atoms with Crippen LogP contribution in [0.3, 0.4) is 0 Å². The topological polar surface area (TPSA) is 113 Å². The number of nitrogens with zero attached hydrogens (tertiary/aromatic N) is 5. The molecule has 0 saturated carbocycles. The molecule has 1 N–H and O–H groups in total. The lowest BCUT2D eigenvalue weighted by atomic mass is 9.85. The number of amides is 1. The monoisotopic (exact) mass is 486 g/mol. The number of rotatable bonds is 6. The summed E-state index contributed by atoms with van der Waals surface area (Å²) in [6, 6.07) is 11.6. The zero-order valence-corrected chi connectivity index (χ0v) is 20.7. The Bertz CT molecular complexity index is 1450. The lowest BCUT2D eigenvalue weighted by Gasteiger charge is -2.26. The van der Waals surface area contributed by atoms with Crippen LogP contribution in [-0.2, 0) is 4.79 Å². The first-order valence-corrected chi connectivity index (χ1v) is 11.4. The summed E-state index contributed by atoms with van der Waals surface area (Å²) in [5.74, 6) is 1.96. The summed E-state index contributed by atoms with van der Waals surface area (Å²) in [6.07, 6.45) is 1.82. The standard InChI is InChI=1S/C26H26N6O4/c1-14-6-8-16(9-7-14)19-13-27-30-26(28-19)32-25-24(15(2)31-32)18(11-23(33)29-25)17-10-21(35-4)22(36-5)12-20(17)34-3/h6-10,12-13,18H,11H2,1-5H3,(H,29,33)/t18-/m0/s1. The van der Waals surface area contributed by atoms with Crippen molar-refractivity contribution in [1.29, 1.82) is 0 Å². The second kappa shape index (κ2) is 9.29. The molecular formula is C26H26N6O4. The number of aryl methyl sites for hydroxylation is 2. The Morgan fingerprint density at radius 3 is 2.36 bits per heavy atom. The number of hydrogen-bond acceptors (Lipinski definition) is 8. The number of hydrogen-bond donors (Lipinski definition) is 1. The van der Waals surface area contributed by atoms with Gasteiger partial charge in [0.25, 0.3) is 5.95 Å². The molecule has 0 aliphatic carbocycles. The molecule has 184 valence electrons. The van der Waals surface area contributed by atoms with Gasteiger partial charge >= 0.3 is 0 Å². The lowest BCUT2D eigenvalue weighted by molar-refractivity contribution is -0.116. The first-order valence-electron chi connectivity index (χ1n) is 11.4. The second-order valence-corrected chi connectivity index (χ2v) is 8.52. The predicted molar refractivity (Wildman–Crippen MR) is 133 cm³/mol. The Morgan fingerprint density at radius 1 is 0.972 bits per heavy atom. The van der Waals surface area contributed by atoms with Gasteiger partial charge in [-0.2, -0.15) is 14.9 Å². The zero-order chi connectivity index (χ0) is 25.4. The van der Waals surface area contributed by atoms with Gasteiger partial charge in [0.1, 0.15) is 11.6 Å². The third-order valence-electron chi connectivity index (χ3n) is 6.30. The summed E-state index contributed by atoms with van der Waals surface area (Å²) in [4.78, 5) is 17.6. The van der Waals surface area contributed by atoms with Crippen molar-refractivity contribution in [3.8, 4) is 34.5 Å². The van der Waals surface area contributed by atoms with Crippen LogP contribution >= 0.6 is 0 Å². The summed E-state index contributed by atoms with van der Waals surface area (Å²) in [5.41, 5.74) is 5.09. The van der Waals surface area contributed by atoms with E-state index in [2.05, 4.69) is 20.5 Å². The van der Waals surface area contributed by atoms with Crippen LogP contribution in [0, 0.1) is 13.8 Å². The van der Waals surface area contributed by atoms with E-state index in [1.54, 1.807) is 33.6 Å². The Balaban J connectivity index is 1.63. The first kappa shape index (κ1) is 23.3. The van der Waals surface area contributed by atoms with E-state index in [4.69, 9.17) is 19.3 Å². The molecule has 5 rings (SSSR count). The van der Waals surface area contributed by atoms with Crippen LogP contribution in [0.5, 0.6) is 17.2 Å². The van der Waals surface area contributed by atoms with Crippen molar-refractivity contribution in [2.45, 2.75) is 26.2 Å². The summed E-state index contributed by atoms with van der Waals surface area (Å²) in [6.45, 7) is 3.92. The number of fused-ring (bicyclic) bond motifs is 1. The highest BCUT2D eigenvalue weighted by Gasteiger charge is 2.35. The first-order chi connectivity index (χ1) is 17.4. The van der Waals surface area contributed by atoms with Gasteiger partial charge < -0.3 is 19.5 Å². The maximum atomic E-state index is 12.9. The van der Waals surface area contributed by atoms with Crippen molar-refractivity contribution in [1.82, 2.24) is 25.0 Å². The molecule has 1 atom stereocenters. The summed E-state index contributed by atoms with van der Waals surface area (Å²) in [7, 11) is 4.72. The van der Waals surface area contributed by atoms with E-state index < -0.39 is 0 Å². The average Bonchev–Trinajstić information content (AvgIpc) is 3.23. The van der Waals surface area contributed by atoms with Crippen molar-refractivity contribution < 1.29 is 19.0 Å². The van der Waals surface area contributed by atoms with Gasteiger partial charge in [0.15, 0.2) is 11.5 Å². The van der Waals surface area contributed by atoms with Crippen LogP contribution in [0.1, 0.15) is 34.7 Å². The molecule has 0 fully saturated rings. The zero-order valence-electron chi connectivity index (χ0n) is 20.7. The lowest BCUT2D eigenvalue weighted by Crippen LogP contribution is -2.25. The average molecular weight is 487 g/mol. The molecule has 0 saturated heterocycles. The molecule has 1 aliphatic rings.